The fourth-order valence-corrected chi connectivity index (χ4v) is 3.66. The fourth-order valence-electron chi connectivity index (χ4n) is 2.90. The van der Waals surface area contributed by atoms with Crippen LogP contribution in [-0.2, 0) is 6.42 Å². The molecule has 2 heteroatoms. The van der Waals surface area contributed by atoms with E-state index in [2.05, 4.69) is 73.1 Å². The van der Waals surface area contributed by atoms with Crippen LogP contribution in [-0.4, -0.2) is 6.54 Å². The maximum atomic E-state index is 3.63. The van der Waals surface area contributed by atoms with Crippen molar-refractivity contribution in [1.29, 1.82) is 0 Å². The van der Waals surface area contributed by atoms with Crippen molar-refractivity contribution in [2.24, 2.45) is 0 Å². The van der Waals surface area contributed by atoms with Crippen LogP contribution in [0.1, 0.15) is 29.0 Å². The summed E-state index contributed by atoms with van der Waals surface area (Å²) in [5.74, 6) is 0. The number of benzene rings is 2. The SMILES string of the molecule is CCNC(Cc1ccc2ccccc2c1)c1ccsc1C. The van der Waals surface area contributed by atoms with Crippen molar-refractivity contribution >= 4 is 22.1 Å². The predicted molar refractivity (Wildman–Crippen MR) is 93.1 cm³/mol. The molecule has 3 rings (SSSR count). The number of likely N-dealkylation sites (N-methyl/N-ethyl adjacent to an activating group) is 1. The highest BCUT2D eigenvalue weighted by molar-refractivity contribution is 7.10. The molecular weight excluding hydrogens is 274 g/mol. The second-order valence-corrected chi connectivity index (χ2v) is 6.55. The summed E-state index contributed by atoms with van der Waals surface area (Å²) in [6, 6.07) is 18.0. The van der Waals surface area contributed by atoms with Gasteiger partial charge in [0.15, 0.2) is 0 Å². The van der Waals surface area contributed by atoms with Crippen molar-refractivity contribution in [1.82, 2.24) is 5.32 Å². The Morgan fingerprint density at radius 1 is 1.05 bits per heavy atom. The largest absolute Gasteiger partial charge is 0.310 e. The Bertz CT molecular complexity index is 729. The Balaban J connectivity index is 1.89. The molecule has 0 aliphatic heterocycles. The molecule has 0 spiro atoms. The molecule has 3 aromatic rings. The van der Waals surface area contributed by atoms with E-state index < -0.39 is 0 Å². The van der Waals surface area contributed by atoms with Gasteiger partial charge >= 0.3 is 0 Å². The third kappa shape index (κ3) is 3.17. The predicted octanol–water partition coefficient (Wildman–Crippen LogP) is 5.10. The van der Waals surface area contributed by atoms with Gasteiger partial charge in [-0.25, -0.2) is 0 Å². The lowest BCUT2D eigenvalue weighted by atomic mass is 9.97. The lowest BCUT2D eigenvalue weighted by molar-refractivity contribution is 0.549. The molecule has 108 valence electrons. The Kier molecular flexibility index (Phi) is 4.37. The van der Waals surface area contributed by atoms with Gasteiger partial charge in [0.05, 0.1) is 0 Å². The zero-order valence-corrected chi connectivity index (χ0v) is 13.4. The van der Waals surface area contributed by atoms with Gasteiger partial charge in [-0.15, -0.1) is 11.3 Å². The molecule has 0 aliphatic carbocycles. The molecule has 0 amide bonds. The van der Waals surface area contributed by atoms with Gasteiger partial charge in [0.2, 0.25) is 0 Å². The molecular formula is C19H21NS. The van der Waals surface area contributed by atoms with E-state index >= 15 is 0 Å². The smallest absolute Gasteiger partial charge is 0.0371 e. The first-order valence-electron chi connectivity index (χ1n) is 7.53. The minimum absolute atomic E-state index is 0.405. The van der Waals surface area contributed by atoms with Crippen molar-refractivity contribution in [2.45, 2.75) is 26.3 Å². The van der Waals surface area contributed by atoms with Crippen molar-refractivity contribution < 1.29 is 0 Å². The fraction of sp³-hybridized carbons (Fsp3) is 0.263. The van der Waals surface area contributed by atoms with Crippen molar-refractivity contribution in [2.75, 3.05) is 6.54 Å². The molecule has 1 heterocycles. The minimum Gasteiger partial charge on any atom is -0.310 e. The van der Waals surface area contributed by atoms with E-state index in [0.29, 0.717) is 6.04 Å². The number of nitrogens with one attached hydrogen (secondary N) is 1. The van der Waals surface area contributed by atoms with Crippen LogP contribution >= 0.6 is 11.3 Å². The molecule has 0 aliphatic rings. The zero-order valence-electron chi connectivity index (χ0n) is 12.6. The Hall–Kier alpha value is -1.64. The van der Waals surface area contributed by atoms with Gasteiger partial charge in [-0.3, -0.25) is 0 Å². The second kappa shape index (κ2) is 6.42. The summed E-state index contributed by atoms with van der Waals surface area (Å²) in [7, 11) is 0. The molecule has 0 bridgehead atoms. The monoisotopic (exact) mass is 295 g/mol. The van der Waals surface area contributed by atoms with Crippen molar-refractivity contribution in [3.05, 3.63) is 69.9 Å². The summed E-state index contributed by atoms with van der Waals surface area (Å²) in [6.45, 7) is 5.38. The number of thiophene rings is 1. The van der Waals surface area contributed by atoms with Gasteiger partial charge in [0.25, 0.3) is 0 Å². The number of hydrogen-bond donors (Lipinski definition) is 1. The first-order chi connectivity index (χ1) is 10.3. The van der Waals surface area contributed by atoms with E-state index in [0.717, 1.165) is 13.0 Å². The summed E-state index contributed by atoms with van der Waals surface area (Å²) in [5.41, 5.74) is 2.83. The molecule has 1 unspecified atom stereocenters. The van der Waals surface area contributed by atoms with Crippen LogP contribution < -0.4 is 5.32 Å². The summed E-state index contributed by atoms with van der Waals surface area (Å²) in [5, 5.41) is 8.46. The second-order valence-electron chi connectivity index (χ2n) is 5.43. The van der Waals surface area contributed by atoms with Crippen LogP contribution in [0.5, 0.6) is 0 Å². The minimum atomic E-state index is 0.405. The van der Waals surface area contributed by atoms with Crippen molar-refractivity contribution in [3.8, 4) is 0 Å². The molecule has 0 saturated carbocycles. The van der Waals surface area contributed by atoms with Crippen LogP contribution in [0, 0.1) is 6.92 Å². The van der Waals surface area contributed by atoms with Crippen LogP contribution in [0.4, 0.5) is 0 Å². The average molecular weight is 295 g/mol. The Morgan fingerprint density at radius 3 is 2.57 bits per heavy atom. The van der Waals surface area contributed by atoms with Gasteiger partial charge in [0, 0.05) is 10.9 Å². The lowest BCUT2D eigenvalue weighted by Gasteiger charge is -2.18. The molecule has 1 nitrogen and oxygen atoms in total. The Labute approximate surface area is 130 Å². The van der Waals surface area contributed by atoms with Crippen molar-refractivity contribution in [3.63, 3.8) is 0 Å². The molecule has 0 saturated heterocycles. The number of hydrogen-bond acceptors (Lipinski definition) is 2. The highest BCUT2D eigenvalue weighted by Crippen LogP contribution is 2.26. The lowest BCUT2D eigenvalue weighted by Crippen LogP contribution is -2.23. The van der Waals surface area contributed by atoms with Gasteiger partial charge in [0.1, 0.15) is 0 Å². The molecule has 1 N–H and O–H groups in total. The van der Waals surface area contributed by atoms with E-state index in [1.165, 1.54) is 26.8 Å². The molecule has 0 fully saturated rings. The summed E-state index contributed by atoms with van der Waals surface area (Å²) in [4.78, 5) is 1.42. The normalized spacial score (nSPS) is 12.7. The van der Waals surface area contributed by atoms with Gasteiger partial charge in [-0.05, 0) is 53.2 Å². The van der Waals surface area contributed by atoms with Gasteiger partial charge in [-0.2, -0.15) is 0 Å². The van der Waals surface area contributed by atoms with Gasteiger partial charge < -0.3 is 5.32 Å². The van der Waals surface area contributed by atoms with Gasteiger partial charge in [-0.1, -0.05) is 49.4 Å². The molecule has 1 atom stereocenters. The van der Waals surface area contributed by atoms with Crippen LogP contribution in [0.3, 0.4) is 0 Å². The maximum absolute atomic E-state index is 3.63. The average Bonchev–Trinajstić information content (AvgIpc) is 2.93. The third-order valence-electron chi connectivity index (χ3n) is 3.98. The first kappa shape index (κ1) is 14.3. The quantitative estimate of drug-likeness (QED) is 0.690. The van der Waals surface area contributed by atoms with E-state index in [-0.39, 0.29) is 0 Å². The molecule has 1 aromatic heterocycles. The highest BCUT2D eigenvalue weighted by atomic mass is 32.1. The number of fused-ring (bicyclic) bond motifs is 1. The van der Waals surface area contributed by atoms with Crippen LogP contribution in [0.2, 0.25) is 0 Å². The van der Waals surface area contributed by atoms with E-state index in [1.54, 1.807) is 0 Å². The topological polar surface area (TPSA) is 12.0 Å². The standard InChI is InChI=1S/C19H21NS/c1-3-20-19(18-10-11-21-14(18)2)13-15-8-9-16-6-4-5-7-17(16)12-15/h4-12,19-20H,3,13H2,1-2H3. The maximum Gasteiger partial charge on any atom is 0.0371 e. The van der Waals surface area contributed by atoms with E-state index in [9.17, 15) is 0 Å². The van der Waals surface area contributed by atoms with Crippen LogP contribution in [0.15, 0.2) is 53.9 Å². The molecule has 2 aromatic carbocycles. The highest BCUT2D eigenvalue weighted by Gasteiger charge is 2.14. The first-order valence-corrected chi connectivity index (χ1v) is 8.41. The van der Waals surface area contributed by atoms with E-state index in [1.807, 2.05) is 11.3 Å². The van der Waals surface area contributed by atoms with Crippen LogP contribution in [0.25, 0.3) is 10.8 Å². The summed E-state index contributed by atoms with van der Waals surface area (Å²) >= 11 is 1.83. The summed E-state index contributed by atoms with van der Waals surface area (Å²) < 4.78 is 0. The molecule has 0 radical (unpaired) electrons. The molecule has 21 heavy (non-hydrogen) atoms. The number of aryl methyl sites for hydroxylation is 1. The Morgan fingerprint density at radius 2 is 1.86 bits per heavy atom. The summed E-state index contributed by atoms with van der Waals surface area (Å²) in [6.07, 6.45) is 1.04. The zero-order chi connectivity index (χ0) is 14.7. The van der Waals surface area contributed by atoms with E-state index in [4.69, 9.17) is 0 Å². The number of rotatable bonds is 5. The third-order valence-corrected chi connectivity index (χ3v) is 4.84.